The molecule has 0 saturated carbocycles. The van der Waals surface area contributed by atoms with Gasteiger partial charge in [-0.15, -0.1) is 0 Å². The van der Waals surface area contributed by atoms with E-state index < -0.39 is 0 Å². The first kappa shape index (κ1) is 34.4. The van der Waals surface area contributed by atoms with Gasteiger partial charge in [0.2, 0.25) is 0 Å². The number of rotatable bonds is 0. The topological polar surface area (TPSA) is 95.8 Å². The third-order valence-electron chi connectivity index (χ3n) is 5.37. The molecular formula is C32H46N6O2. The zero-order valence-electron chi connectivity index (χ0n) is 25.8. The molecule has 8 nitrogen and oxygen atoms in total. The number of hydrogen-bond acceptors (Lipinski definition) is 8. The maximum atomic E-state index is 5.17. The average molecular weight is 547 g/mol. The predicted octanol–water partition coefficient (Wildman–Crippen LogP) is 6.60. The van der Waals surface area contributed by atoms with Crippen molar-refractivity contribution in [2.24, 2.45) is 5.92 Å². The zero-order valence-corrected chi connectivity index (χ0v) is 25.8. The van der Waals surface area contributed by atoms with Gasteiger partial charge in [-0.25, -0.2) is 9.97 Å². The Balaban J connectivity index is 0.000000250. The SMILES string of the molecule is CC1COC(C)OC1.Cc1cccnc1C.Cc1ccnc(C)c1.Cc1cnc(C)cn1.Cc1cnc(C)nc1. The van der Waals surface area contributed by atoms with Crippen molar-refractivity contribution < 1.29 is 9.47 Å². The lowest BCUT2D eigenvalue weighted by Crippen LogP contribution is -2.27. The second-order valence-corrected chi connectivity index (χ2v) is 9.83. The van der Waals surface area contributed by atoms with Gasteiger partial charge in [0, 0.05) is 54.5 Å². The summed E-state index contributed by atoms with van der Waals surface area (Å²) in [7, 11) is 0. The van der Waals surface area contributed by atoms with Crippen molar-refractivity contribution in [1.82, 2.24) is 29.9 Å². The minimum absolute atomic E-state index is 0.0196. The molecule has 8 heteroatoms. The monoisotopic (exact) mass is 546 g/mol. The van der Waals surface area contributed by atoms with E-state index in [9.17, 15) is 0 Å². The number of aryl methyl sites for hydroxylation is 8. The van der Waals surface area contributed by atoms with Crippen LogP contribution in [0.5, 0.6) is 0 Å². The summed E-state index contributed by atoms with van der Waals surface area (Å²) in [4.78, 5) is 24.1. The molecule has 5 heterocycles. The third kappa shape index (κ3) is 17.1. The minimum atomic E-state index is 0.0196. The zero-order chi connectivity index (χ0) is 29.9. The molecule has 5 rings (SSSR count). The fourth-order valence-corrected chi connectivity index (χ4v) is 2.86. The van der Waals surface area contributed by atoms with Crippen molar-refractivity contribution in [2.75, 3.05) is 13.2 Å². The van der Waals surface area contributed by atoms with Crippen LogP contribution in [0.15, 0.2) is 61.4 Å². The average Bonchev–Trinajstić information content (AvgIpc) is 2.92. The van der Waals surface area contributed by atoms with Crippen LogP contribution in [-0.4, -0.2) is 49.4 Å². The highest BCUT2D eigenvalue weighted by Crippen LogP contribution is 2.08. The van der Waals surface area contributed by atoms with Gasteiger partial charge in [-0.3, -0.25) is 19.9 Å². The summed E-state index contributed by atoms with van der Waals surface area (Å²) in [5.41, 5.74) is 7.78. The van der Waals surface area contributed by atoms with Crippen LogP contribution >= 0.6 is 0 Å². The van der Waals surface area contributed by atoms with E-state index in [1.54, 1.807) is 12.4 Å². The number of hydrogen-bond donors (Lipinski definition) is 0. The molecule has 40 heavy (non-hydrogen) atoms. The molecule has 0 amide bonds. The Labute approximate surface area is 240 Å². The van der Waals surface area contributed by atoms with Crippen LogP contribution in [0.4, 0.5) is 0 Å². The molecule has 0 atom stereocenters. The first-order valence-electron chi connectivity index (χ1n) is 13.5. The van der Waals surface area contributed by atoms with Gasteiger partial charge >= 0.3 is 0 Å². The van der Waals surface area contributed by atoms with Crippen LogP contribution in [0.3, 0.4) is 0 Å². The Morgan fingerprint density at radius 2 is 1.18 bits per heavy atom. The molecule has 1 saturated heterocycles. The predicted molar refractivity (Wildman–Crippen MR) is 161 cm³/mol. The Bertz CT molecular complexity index is 1080. The summed E-state index contributed by atoms with van der Waals surface area (Å²) in [6.45, 7) is 21.6. The summed E-state index contributed by atoms with van der Waals surface area (Å²) in [6.07, 6.45) is 10.8. The first-order chi connectivity index (χ1) is 19.0. The van der Waals surface area contributed by atoms with Crippen LogP contribution in [0, 0.1) is 61.3 Å². The fourth-order valence-electron chi connectivity index (χ4n) is 2.86. The van der Waals surface area contributed by atoms with Crippen molar-refractivity contribution in [3.8, 4) is 0 Å². The number of ether oxygens (including phenoxy) is 2. The van der Waals surface area contributed by atoms with E-state index >= 15 is 0 Å². The highest BCUT2D eigenvalue weighted by molar-refractivity contribution is 5.15. The fraction of sp³-hybridized carbons (Fsp3) is 0.438. The van der Waals surface area contributed by atoms with Gasteiger partial charge in [0.25, 0.3) is 0 Å². The Hall–Kier alpha value is -3.62. The largest absolute Gasteiger partial charge is 0.353 e. The highest BCUT2D eigenvalue weighted by atomic mass is 16.7. The van der Waals surface area contributed by atoms with Gasteiger partial charge < -0.3 is 9.47 Å². The van der Waals surface area contributed by atoms with Gasteiger partial charge in [-0.1, -0.05) is 13.0 Å². The number of nitrogens with zero attached hydrogens (tertiary/aromatic N) is 6. The summed E-state index contributed by atoms with van der Waals surface area (Å²) >= 11 is 0. The maximum Gasteiger partial charge on any atom is 0.154 e. The minimum Gasteiger partial charge on any atom is -0.353 e. The quantitative estimate of drug-likeness (QED) is 0.243. The van der Waals surface area contributed by atoms with Crippen LogP contribution in [0.25, 0.3) is 0 Å². The van der Waals surface area contributed by atoms with Crippen LogP contribution in [-0.2, 0) is 9.47 Å². The lowest BCUT2D eigenvalue weighted by molar-refractivity contribution is -0.187. The second kappa shape index (κ2) is 19.4. The van der Waals surface area contributed by atoms with Gasteiger partial charge in [-0.05, 0) is 97.2 Å². The Morgan fingerprint density at radius 3 is 1.52 bits per heavy atom. The number of pyridine rings is 2. The second-order valence-electron chi connectivity index (χ2n) is 9.83. The summed E-state index contributed by atoms with van der Waals surface area (Å²) in [6, 6.07) is 8.05. The normalized spacial score (nSPS) is 15.3. The van der Waals surface area contributed by atoms with E-state index in [0.717, 1.165) is 47.4 Å². The van der Waals surface area contributed by atoms with Crippen molar-refractivity contribution in [2.45, 2.75) is 75.5 Å². The molecule has 216 valence electrons. The smallest absolute Gasteiger partial charge is 0.154 e. The van der Waals surface area contributed by atoms with Gasteiger partial charge in [0.05, 0.1) is 24.6 Å². The first-order valence-corrected chi connectivity index (χ1v) is 13.5. The van der Waals surface area contributed by atoms with Crippen LogP contribution < -0.4 is 0 Å². The molecular weight excluding hydrogens is 500 g/mol. The Kier molecular flexibility index (Phi) is 16.7. The molecule has 0 bridgehead atoms. The molecule has 1 aliphatic heterocycles. The molecule has 4 aromatic rings. The van der Waals surface area contributed by atoms with Gasteiger partial charge in [-0.2, -0.15) is 0 Å². The molecule has 0 N–H and O–H groups in total. The number of aromatic nitrogens is 6. The molecule has 1 aliphatic rings. The van der Waals surface area contributed by atoms with E-state index in [0.29, 0.717) is 5.92 Å². The standard InChI is InChI=1S/2C7H9N.2C6H8N2.C6H12O2/c1-6-3-4-8-7(2)5-6;1-6-4-3-5-8-7(6)2;1-5-3-8-6(2)4-7-5;2*1-5-3-7-6(2)8-4-5/h2*3-5H,1-2H3;2*3-4H,1-2H3;5-6H,3-4H2,1-2H3. The van der Waals surface area contributed by atoms with Crippen molar-refractivity contribution >= 4 is 0 Å². The van der Waals surface area contributed by atoms with E-state index in [4.69, 9.17) is 9.47 Å². The Morgan fingerprint density at radius 1 is 0.600 bits per heavy atom. The summed E-state index contributed by atoms with van der Waals surface area (Å²) in [5, 5.41) is 0. The highest BCUT2D eigenvalue weighted by Gasteiger charge is 2.13. The van der Waals surface area contributed by atoms with Crippen molar-refractivity contribution in [3.05, 3.63) is 107 Å². The molecule has 0 spiro atoms. The van der Waals surface area contributed by atoms with E-state index in [1.807, 2.05) is 85.4 Å². The molecule has 4 aromatic heterocycles. The molecule has 1 fully saturated rings. The summed E-state index contributed by atoms with van der Waals surface area (Å²) < 4.78 is 10.3. The third-order valence-corrected chi connectivity index (χ3v) is 5.37. The summed E-state index contributed by atoms with van der Waals surface area (Å²) in [5.74, 6) is 1.40. The lowest BCUT2D eigenvalue weighted by Gasteiger charge is -2.24. The molecule has 0 aromatic carbocycles. The van der Waals surface area contributed by atoms with Crippen molar-refractivity contribution in [1.29, 1.82) is 0 Å². The van der Waals surface area contributed by atoms with Gasteiger partial charge in [0.15, 0.2) is 6.29 Å². The lowest BCUT2D eigenvalue weighted by atomic mass is 10.2. The van der Waals surface area contributed by atoms with E-state index in [-0.39, 0.29) is 6.29 Å². The molecule has 0 unspecified atom stereocenters. The molecule has 0 aliphatic carbocycles. The van der Waals surface area contributed by atoms with Gasteiger partial charge in [0.1, 0.15) is 5.82 Å². The van der Waals surface area contributed by atoms with E-state index in [1.165, 1.54) is 11.1 Å². The maximum absolute atomic E-state index is 5.17. The van der Waals surface area contributed by atoms with Crippen molar-refractivity contribution in [3.63, 3.8) is 0 Å². The van der Waals surface area contributed by atoms with E-state index in [2.05, 4.69) is 62.8 Å². The molecule has 0 radical (unpaired) electrons. The van der Waals surface area contributed by atoms with Crippen LogP contribution in [0.2, 0.25) is 0 Å². The van der Waals surface area contributed by atoms with Crippen LogP contribution in [0.1, 0.15) is 59.1 Å².